The van der Waals surface area contributed by atoms with E-state index in [0.717, 1.165) is 11.1 Å². The Hall–Kier alpha value is -1.02. The maximum atomic E-state index is 12.2. The van der Waals surface area contributed by atoms with Crippen LogP contribution in [0, 0.1) is 6.92 Å². The van der Waals surface area contributed by atoms with Gasteiger partial charge in [0.05, 0.1) is 0 Å². The molecule has 0 atom stereocenters. The van der Waals surface area contributed by atoms with E-state index < -0.39 is 0 Å². The third kappa shape index (κ3) is 3.73. The Morgan fingerprint density at radius 3 is 2.21 bits per heavy atom. The number of aryl methyl sites for hydroxylation is 1. The van der Waals surface area contributed by atoms with Crippen LogP contribution in [0.2, 0.25) is 15.1 Å². The van der Waals surface area contributed by atoms with Gasteiger partial charge in [-0.25, -0.2) is 0 Å². The van der Waals surface area contributed by atoms with Crippen molar-refractivity contribution in [3.63, 3.8) is 0 Å². The summed E-state index contributed by atoms with van der Waals surface area (Å²) in [5.41, 5.74) is 2.36. The SMILES string of the molecule is Cc1ccc(CC(=O)c2cc(Cl)cc(Cl)c2)c(Cl)c1. The van der Waals surface area contributed by atoms with E-state index >= 15 is 0 Å². The molecule has 0 N–H and O–H groups in total. The first-order valence-corrected chi connectivity index (χ1v) is 6.83. The average Bonchev–Trinajstić information content (AvgIpc) is 2.31. The van der Waals surface area contributed by atoms with Gasteiger partial charge in [0.25, 0.3) is 0 Å². The molecule has 0 radical (unpaired) electrons. The van der Waals surface area contributed by atoms with E-state index in [9.17, 15) is 4.79 Å². The number of Topliss-reactive ketones (excluding diaryl/α,β-unsaturated/α-hetero) is 1. The van der Waals surface area contributed by atoms with Crippen molar-refractivity contribution in [3.8, 4) is 0 Å². The lowest BCUT2D eigenvalue weighted by Crippen LogP contribution is -2.04. The molecule has 0 spiro atoms. The Morgan fingerprint density at radius 1 is 1.00 bits per heavy atom. The van der Waals surface area contributed by atoms with E-state index in [1.165, 1.54) is 0 Å². The van der Waals surface area contributed by atoms with Crippen LogP contribution in [0.1, 0.15) is 21.5 Å². The Kier molecular flexibility index (Phi) is 4.51. The van der Waals surface area contributed by atoms with Crippen LogP contribution in [-0.2, 0) is 6.42 Å². The number of rotatable bonds is 3. The molecule has 0 saturated heterocycles. The van der Waals surface area contributed by atoms with E-state index in [-0.39, 0.29) is 12.2 Å². The van der Waals surface area contributed by atoms with Crippen molar-refractivity contribution in [2.45, 2.75) is 13.3 Å². The lowest BCUT2D eigenvalue weighted by atomic mass is 10.0. The summed E-state index contributed by atoms with van der Waals surface area (Å²) in [6, 6.07) is 10.4. The summed E-state index contributed by atoms with van der Waals surface area (Å²) in [6.45, 7) is 1.95. The lowest BCUT2D eigenvalue weighted by Gasteiger charge is -2.06. The highest BCUT2D eigenvalue weighted by molar-refractivity contribution is 6.35. The summed E-state index contributed by atoms with van der Waals surface area (Å²) >= 11 is 17.9. The van der Waals surface area contributed by atoms with Crippen molar-refractivity contribution in [1.29, 1.82) is 0 Å². The fourth-order valence-electron chi connectivity index (χ4n) is 1.79. The summed E-state index contributed by atoms with van der Waals surface area (Å²) < 4.78 is 0. The van der Waals surface area contributed by atoms with E-state index in [1.54, 1.807) is 18.2 Å². The van der Waals surface area contributed by atoms with Gasteiger partial charge in [-0.05, 0) is 42.3 Å². The molecule has 0 saturated carbocycles. The highest BCUT2D eigenvalue weighted by Gasteiger charge is 2.11. The highest BCUT2D eigenvalue weighted by Crippen LogP contribution is 2.23. The topological polar surface area (TPSA) is 17.1 Å². The molecule has 2 aromatic carbocycles. The molecule has 0 amide bonds. The van der Waals surface area contributed by atoms with Crippen molar-refractivity contribution in [3.05, 3.63) is 68.2 Å². The Morgan fingerprint density at radius 2 is 1.63 bits per heavy atom. The van der Waals surface area contributed by atoms with E-state index in [1.807, 2.05) is 25.1 Å². The lowest BCUT2D eigenvalue weighted by molar-refractivity contribution is 0.0993. The average molecular weight is 314 g/mol. The normalized spacial score (nSPS) is 10.5. The monoisotopic (exact) mass is 312 g/mol. The van der Waals surface area contributed by atoms with Crippen LogP contribution in [0.4, 0.5) is 0 Å². The van der Waals surface area contributed by atoms with E-state index in [2.05, 4.69) is 0 Å². The Balaban J connectivity index is 2.25. The van der Waals surface area contributed by atoms with Crippen LogP contribution in [-0.4, -0.2) is 5.78 Å². The summed E-state index contributed by atoms with van der Waals surface area (Å²) in [4.78, 5) is 12.2. The zero-order chi connectivity index (χ0) is 14.0. The summed E-state index contributed by atoms with van der Waals surface area (Å²) in [6.07, 6.45) is 0.232. The maximum Gasteiger partial charge on any atom is 0.167 e. The fraction of sp³-hybridized carbons (Fsp3) is 0.133. The second kappa shape index (κ2) is 5.96. The highest BCUT2D eigenvalue weighted by atomic mass is 35.5. The molecule has 0 unspecified atom stereocenters. The third-order valence-corrected chi connectivity index (χ3v) is 3.53. The smallest absolute Gasteiger partial charge is 0.167 e. The molecule has 0 fully saturated rings. The minimum absolute atomic E-state index is 0.0600. The van der Waals surface area contributed by atoms with Crippen molar-refractivity contribution >= 4 is 40.6 Å². The molecule has 4 heteroatoms. The van der Waals surface area contributed by atoms with Gasteiger partial charge in [0, 0.05) is 27.1 Å². The van der Waals surface area contributed by atoms with Crippen LogP contribution in [0.3, 0.4) is 0 Å². The van der Waals surface area contributed by atoms with Gasteiger partial charge in [-0.15, -0.1) is 0 Å². The van der Waals surface area contributed by atoms with Crippen molar-refractivity contribution < 1.29 is 4.79 Å². The maximum absolute atomic E-state index is 12.2. The number of carbonyl (C=O) groups excluding carboxylic acids is 1. The largest absolute Gasteiger partial charge is 0.294 e. The Labute approximate surface area is 127 Å². The molecule has 2 rings (SSSR count). The van der Waals surface area contributed by atoms with Gasteiger partial charge in [-0.2, -0.15) is 0 Å². The van der Waals surface area contributed by atoms with Gasteiger partial charge >= 0.3 is 0 Å². The zero-order valence-corrected chi connectivity index (χ0v) is 12.5. The predicted molar refractivity (Wildman–Crippen MR) is 80.7 cm³/mol. The van der Waals surface area contributed by atoms with Gasteiger partial charge in [0.1, 0.15) is 0 Å². The van der Waals surface area contributed by atoms with Crippen LogP contribution in [0.15, 0.2) is 36.4 Å². The molecule has 0 bridgehead atoms. The first-order valence-electron chi connectivity index (χ1n) is 5.70. The number of halogens is 3. The molecule has 19 heavy (non-hydrogen) atoms. The molecular formula is C15H11Cl3O. The second-order valence-corrected chi connectivity index (χ2v) is 5.63. The number of hydrogen-bond acceptors (Lipinski definition) is 1. The van der Waals surface area contributed by atoms with Gasteiger partial charge in [-0.3, -0.25) is 4.79 Å². The summed E-state index contributed by atoms with van der Waals surface area (Å²) in [5.74, 6) is -0.0600. The third-order valence-electron chi connectivity index (χ3n) is 2.74. The van der Waals surface area contributed by atoms with Crippen LogP contribution in [0.25, 0.3) is 0 Å². The molecule has 2 aromatic rings. The number of ketones is 1. The standard InChI is InChI=1S/C15H11Cl3O/c1-9-2-3-10(14(18)4-9)7-15(19)11-5-12(16)8-13(17)6-11/h2-6,8H,7H2,1H3. The van der Waals surface area contributed by atoms with Gasteiger partial charge in [0.2, 0.25) is 0 Å². The van der Waals surface area contributed by atoms with Crippen molar-refractivity contribution in [2.24, 2.45) is 0 Å². The number of benzene rings is 2. The zero-order valence-electron chi connectivity index (χ0n) is 10.2. The molecule has 0 aliphatic carbocycles. The van der Waals surface area contributed by atoms with E-state index in [0.29, 0.717) is 20.6 Å². The summed E-state index contributed by atoms with van der Waals surface area (Å²) in [5, 5.41) is 1.50. The molecule has 0 aliphatic heterocycles. The fourth-order valence-corrected chi connectivity index (χ4v) is 2.61. The molecule has 0 heterocycles. The summed E-state index contributed by atoms with van der Waals surface area (Å²) in [7, 11) is 0. The van der Waals surface area contributed by atoms with Gasteiger partial charge in [0.15, 0.2) is 5.78 Å². The van der Waals surface area contributed by atoms with Crippen LogP contribution >= 0.6 is 34.8 Å². The first-order chi connectivity index (χ1) is 8.95. The Bertz CT molecular complexity index is 615. The molecule has 0 aromatic heterocycles. The number of carbonyl (C=O) groups is 1. The predicted octanol–water partition coefficient (Wildman–Crippen LogP) is 5.38. The van der Waals surface area contributed by atoms with Crippen LogP contribution < -0.4 is 0 Å². The first kappa shape index (κ1) is 14.4. The molecular weight excluding hydrogens is 303 g/mol. The minimum Gasteiger partial charge on any atom is -0.294 e. The van der Waals surface area contributed by atoms with Gasteiger partial charge < -0.3 is 0 Å². The molecule has 0 aliphatic rings. The molecule has 1 nitrogen and oxygen atoms in total. The van der Waals surface area contributed by atoms with Crippen molar-refractivity contribution in [1.82, 2.24) is 0 Å². The number of hydrogen-bond donors (Lipinski definition) is 0. The minimum atomic E-state index is -0.0600. The molecule has 98 valence electrons. The van der Waals surface area contributed by atoms with Crippen molar-refractivity contribution in [2.75, 3.05) is 0 Å². The second-order valence-electron chi connectivity index (χ2n) is 4.35. The quantitative estimate of drug-likeness (QED) is 0.695. The van der Waals surface area contributed by atoms with Gasteiger partial charge in [-0.1, -0.05) is 46.9 Å². The van der Waals surface area contributed by atoms with Crippen LogP contribution in [0.5, 0.6) is 0 Å². The van der Waals surface area contributed by atoms with E-state index in [4.69, 9.17) is 34.8 Å².